The van der Waals surface area contributed by atoms with Crippen LogP contribution in [0.3, 0.4) is 0 Å². The Balaban J connectivity index is 1.87. The fourth-order valence-electron chi connectivity index (χ4n) is 3.48. The van der Waals surface area contributed by atoms with E-state index in [9.17, 15) is 0 Å². The van der Waals surface area contributed by atoms with Crippen molar-refractivity contribution in [3.8, 4) is 0 Å². The second-order valence-electron chi connectivity index (χ2n) is 6.69. The third-order valence-corrected chi connectivity index (χ3v) is 4.88. The van der Waals surface area contributed by atoms with Gasteiger partial charge in [0.05, 0.1) is 25.0 Å². The molecule has 3 aliphatic rings. The Morgan fingerprint density at radius 3 is 2.42 bits per heavy atom. The highest BCUT2D eigenvalue weighted by Gasteiger charge is 2.27. The van der Waals surface area contributed by atoms with Gasteiger partial charge in [-0.3, -0.25) is 9.98 Å². The lowest BCUT2D eigenvalue weighted by atomic mass is 9.93. The maximum absolute atomic E-state index is 6.36. The molecule has 1 heterocycles. The summed E-state index contributed by atoms with van der Waals surface area (Å²) in [4.78, 5) is 11.1. The molecule has 140 valence electrons. The van der Waals surface area contributed by atoms with E-state index in [1.165, 1.54) is 12.4 Å². The topological polar surface area (TPSA) is 72.4 Å². The van der Waals surface area contributed by atoms with Gasteiger partial charge in [0.1, 0.15) is 11.5 Å². The molecule has 0 atom stereocenters. The van der Waals surface area contributed by atoms with Crippen molar-refractivity contribution in [2.75, 3.05) is 26.3 Å². The van der Waals surface area contributed by atoms with E-state index < -0.39 is 0 Å². The molecule has 6 nitrogen and oxygen atoms in total. The number of hydrogen-bond acceptors (Lipinski definition) is 6. The summed E-state index contributed by atoms with van der Waals surface area (Å²) in [7, 11) is 0. The second kappa shape index (κ2) is 8.96. The quantitative estimate of drug-likeness (QED) is 0.769. The van der Waals surface area contributed by atoms with Crippen molar-refractivity contribution < 1.29 is 9.47 Å². The first kappa shape index (κ1) is 18.6. The van der Waals surface area contributed by atoms with Crippen LogP contribution in [0.15, 0.2) is 59.2 Å². The largest absolute Gasteiger partial charge is 0.488 e. The number of rotatable bonds is 5. The first-order valence-electron chi connectivity index (χ1n) is 9.27. The maximum Gasteiger partial charge on any atom is 0.149 e. The zero-order chi connectivity index (χ0) is 18.4. The highest BCUT2D eigenvalue weighted by atomic mass is 16.5. The van der Waals surface area contributed by atoms with Crippen molar-refractivity contribution in [1.82, 2.24) is 4.90 Å². The van der Waals surface area contributed by atoms with Crippen LogP contribution in [-0.4, -0.2) is 54.8 Å². The third kappa shape index (κ3) is 4.51. The number of nitrogens with two attached hydrogens (primary N) is 1. The maximum atomic E-state index is 6.36. The summed E-state index contributed by atoms with van der Waals surface area (Å²) in [6, 6.07) is 0.290. The molecule has 0 spiro atoms. The Morgan fingerprint density at radius 2 is 1.77 bits per heavy atom. The number of allylic oxidation sites excluding steroid dienone is 3. The van der Waals surface area contributed by atoms with E-state index in [0.29, 0.717) is 5.71 Å². The van der Waals surface area contributed by atoms with Crippen molar-refractivity contribution in [2.45, 2.75) is 37.8 Å². The van der Waals surface area contributed by atoms with Crippen LogP contribution in [0.5, 0.6) is 0 Å². The number of ether oxygens (including phenoxy) is 2. The minimum Gasteiger partial charge on any atom is -0.488 e. The zero-order valence-corrected chi connectivity index (χ0v) is 15.3. The Labute approximate surface area is 155 Å². The van der Waals surface area contributed by atoms with E-state index in [4.69, 9.17) is 15.2 Å². The first-order valence-corrected chi connectivity index (χ1v) is 9.27. The summed E-state index contributed by atoms with van der Waals surface area (Å²) in [6.07, 6.45) is 11.2. The van der Waals surface area contributed by atoms with Gasteiger partial charge in [-0.15, -0.1) is 0 Å². The highest BCUT2D eigenvalue weighted by Crippen LogP contribution is 2.26. The van der Waals surface area contributed by atoms with Gasteiger partial charge in [0.25, 0.3) is 0 Å². The lowest BCUT2D eigenvalue weighted by molar-refractivity contribution is 0.0544. The molecule has 0 unspecified atom stereocenters. The molecule has 0 aromatic heterocycles. The van der Waals surface area contributed by atoms with Gasteiger partial charge in [-0.05, 0) is 31.8 Å². The Hall–Kier alpha value is -2.18. The molecule has 2 fully saturated rings. The number of morpholine rings is 1. The van der Waals surface area contributed by atoms with Crippen LogP contribution in [0.25, 0.3) is 0 Å². The smallest absolute Gasteiger partial charge is 0.149 e. The third-order valence-electron chi connectivity index (χ3n) is 4.88. The van der Waals surface area contributed by atoms with Gasteiger partial charge >= 0.3 is 0 Å². The van der Waals surface area contributed by atoms with Crippen LogP contribution < -0.4 is 5.73 Å². The molecule has 0 radical (unpaired) electrons. The van der Waals surface area contributed by atoms with Gasteiger partial charge in [0, 0.05) is 43.3 Å². The van der Waals surface area contributed by atoms with Crippen molar-refractivity contribution in [2.24, 2.45) is 15.7 Å². The molecule has 0 aromatic rings. The lowest BCUT2D eigenvalue weighted by Gasteiger charge is -2.33. The fourth-order valence-corrected chi connectivity index (χ4v) is 3.48. The average molecular weight is 356 g/mol. The van der Waals surface area contributed by atoms with E-state index in [2.05, 4.69) is 34.1 Å². The fraction of sp³-hybridized carbons (Fsp3) is 0.500. The van der Waals surface area contributed by atoms with Gasteiger partial charge in [-0.25, -0.2) is 0 Å². The summed E-state index contributed by atoms with van der Waals surface area (Å²) in [5, 5.41) is 0. The second-order valence-corrected chi connectivity index (χ2v) is 6.69. The van der Waals surface area contributed by atoms with Crippen molar-refractivity contribution in [3.63, 3.8) is 0 Å². The SMILES string of the molecule is C=CN=C1C=C(N2CCOCC2)C=C(OC2CCC(N)CC2)C1=NC=C. The molecule has 3 rings (SSSR count). The van der Waals surface area contributed by atoms with E-state index in [1.807, 2.05) is 6.08 Å². The molecule has 1 aliphatic heterocycles. The molecular formula is C20H28N4O2. The van der Waals surface area contributed by atoms with Crippen molar-refractivity contribution in [1.29, 1.82) is 0 Å². The molecule has 2 N–H and O–H groups in total. The number of hydrogen-bond donors (Lipinski definition) is 1. The van der Waals surface area contributed by atoms with Crippen LogP contribution in [0, 0.1) is 0 Å². The molecule has 0 aromatic carbocycles. The predicted octanol–water partition coefficient (Wildman–Crippen LogP) is 2.56. The molecule has 6 heteroatoms. The van der Waals surface area contributed by atoms with Crippen LogP contribution in [0.1, 0.15) is 25.7 Å². The minimum atomic E-state index is 0.157. The van der Waals surface area contributed by atoms with Gasteiger partial charge in [0.2, 0.25) is 0 Å². The summed E-state index contributed by atoms with van der Waals surface area (Å²) < 4.78 is 11.8. The Kier molecular flexibility index (Phi) is 6.41. The molecule has 2 aliphatic carbocycles. The molecule has 26 heavy (non-hydrogen) atoms. The summed E-state index contributed by atoms with van der Waals surface area (Å²) in [5.74, 6) is 0.745. The van der Waals surface area contributed by atoms with Crippen LogP contribution in [0.2, 0.25) is 0 Å². The van der Waals surface area contributed by atoms with E-state index in [1.54, 1.807) is 0 Å². The van der Waals surface area contributed by atoms with Crippen molar-refractivity contribution in [3.05, 3.63) is 49.2 Å². The normalized spacial score (nSPS) is 30.0. The van der Waals surface area contributed by atoms with Gasteiger partial charge < -0.3 is 20.1 Å². The molecule has 1 saturated heterocycles. The predicted molar refractivity (Wildman–Crippen MR) is 105 cm³/mol. The summed E-state index contributed by atoms with van der Waals surface area (Å²) in [6.45, 7) is 10.6. The lowest BCUT2D eigenvalue weighted by Crippen LogP contribution is -2.37. The zero-order valence-electron chi connectivity index (χ0n) is 15.3. The molecule has 0 amide bonds. The number of nitrogens with zero attached hydrogens (tertiary/aromatic N) is 3. The molecule has 1 saturated carbocycles. The average Bonchev–Trinajstić information content (AvgIpc) is 2.67. The monoisotopic (exact) mass is 356 g/mol. The van der Waals surface area contributed by atoms with E-state index >= 15 is 0 Å². The Bertz CT molecular complexity index is 649. The Morgan fingerprint density at radius 1 is 1.08 bits per heavy atom. The van der Waals surface area contributed by atoms with Crippen LogP contribution in [0.4, 0.5) is 0 Å². The minimum absolute atomic E-state index is 0.157. The van der Waals surface area contributed by atoms with Crippen LogP contribution >= 0.6 is 0 Å². The first-order chi connectivity index (χ1) is 12.7. The van der Waals surface area contributed by atoms with Crippen molar-refractivity contribution >= 4 is 11.4 Å². The number of aliphatic imine (C=N–C) groups is 2. The van der Waals surface area contributed by atoms with Gasteiger partial charge in [-0.2, -0.15) is 0 Å². The molecule has 0 bridgehead atoms. The standard InChI is InChI=1S/C20H28N4O2/c1-3-22-18-13-16(24-9-11-25-12-10-24)14-19(20(18)23-4-2)26-17-7-5-15(21)6-8-17/h3-4,13-15,17H,1-2,5-12,21H2. The van der Waals surface area contributed by atoms with Gasteiger partial charge in [0.15, 0.2) is 0 Å². The summed E-state index contributed by atoms with van der Waals surface area (Å²) >= 11 is 0. The van der Waals surface area contributed by atoms with Crippen LogP contribution in [-0.2, 0) is 9.47 Å². The van der Waals surface area contributed by atoms with Gasteiger partial charge in [-0.1, -0.05) is 13.2 Å². The highest BCUT2D eigenvalue weighted by molar-refractivity contribution is 6.52. The van der Waals surface area contributed by atoms with E-state index in [0.717, 1.165) is 69.2 Å². The van der Waals surface area contributed by atoms with E-state index in [-0.39, 0.29) is 12.1 Å². The summed E-state index contributed by atoms with van der Waals surface area (Å²) in [5.41, 5.74) is 8.53. The molecular weight excluding hydrogens is 328 g/mol.